The Kier molecular flexibility index (Phi) is 4.69. The van der Waals surface area contributed by atoms with Crippen molar-refractivity contribution in [2.24, 2.45) is 5.84 Å². The van der Waals surface area contributed by atoms with Gasteiger partial charge < -0.3 is 10.7 Å². The number of nitrogens with two attached hydrogens (primary N) is 1. The number of hydrogen-bond donors (Lipinski definition) is 3. The number of pyridine rings is 1. The molecule has 1 heterocycles. The standard InChI is InChI=1S/C15H20N4OS/c1-15(2,21-3)9-17-14(20)12-8-10-6-4-5-7-11(10)13(18-12)19-16/h4-8H,9,16H2,1-3H3,(H,17,20)(H,18,19). The van der Waals surface area contributed by atoms with Crippen molar-refractivity contribution in [3.8, 4) is 0 Å². The molecule has 0 atom stereocenters. The number of thioether (sulfide) groups is 1. The Bertz CT molecular complexity index is 657. The Labute approximate surface area is 128 Å². The minimum absolute atomic E-state index is 0.0124. The molecule has 0 radical (unpaired) electrons. The number of hydrazine groups is 1. The smallest absolute Gasteiger partial charge is 0.270 e. The molecule has 5 nitrogen and oxygen atoms in total. The van der Waals surface area contributed by atoms with Gasteiger partial charge in [0, 0.05) is 16.7 Å². The number of hydrogen-bond acceptors (Lipinski definition) is 5. The highest BCUT2D eigenvalue weighted by Gasteiger charge is 2.18. The number of nitrogens with zero attached hydrogens (tertiary/aromatic N) is 1. The molecule has 1 aromatic carbocycles. The molecular weight excluding hydrogens is 284 g/mol. The number of aromatic nitrogens is 1. The fraction of sp³-hybridized carbons (Fsp3) is 0.333. The summed E-state index contributed by atoms with van der Waals surface area (Å²) in [6.45, 7) is 4.74. The first-order chi connectivity index (χ1) is 9.96. The van der Waals surface area contributed by atoms with Crippen LogP contribution in [0, 0.1) is 0 Å². The maximum absolute atomic E-state index is 12.3. The van der Waals surface area contributed by atoms with Crippen LogP contribution in [-0.4, -0.2) is 28.4 Å². The van der Waals surface area contributed by atoms with Crippen molar-refractivity contribution in [2.75, 3.05) is 18.2 Å². The lowest BCUT2D eigenvalue weighted by molar-refractivity contribution is 0.0946. The van der Waals surface area contributed by atoms with E-state index in [1.807, 2.05) is 30.5 Å². The normalized spacial score (nSPS) is 11.4. The van der Waals surface area contributed by atoms with Crippen molar-refractivity contribution >= 4 is 34.3 Å². The van der Waals surface area contributed by atoms with E-state index in [2.05, 4.69) is 29.6 Å². The van der Waals surface area contributed by atoms with Crippen molar-refractivity contribution in [1.82, 2.24) is 10.3 Å². The van der Waals surface area contributed by atoms with E-state index in [1.54, 1.807) is 17.8 Å². The van der Waals surface area contributed by atoms with Crippen LogP contribution in [-0.2, 0) is 0 Å². The summed E-state index contributed by atoms with van der Waals surface area (Å²) in [6.07, 6.45) is 2.02. The van der Waals surface area contributed by atoms with Crippen LogP contribution in [0.3, 0.4) is 0 Å². The van der Waals surface area contributed by atoms with Gasteiger partial charge in [-0.15, -0.1) is 0 Å². The van der Waals surface area contributed by atoms with Gasteiger partial charge >= 0.3 is 0 Å². The average Bonchev–Trinajstić information content (AvgIpc) is 2.51. The summed E-state index contributed by atoms with van der Waals surface area (Å²) in [5.74, 6) is 5.81. The van der Waals surface area contributed by atoms with Gasteiger partial charge in [0.15, 0.2) is 0 Å². The number of nitrogens with one attached hydrogen (secondary N) is 2. The summed E-state index contributed by atoms with van der Waals surface area (Å²) >= 11 is 1.71. The first kappa shape index (κ1) is 15.6. The SMILES string of the molecule is CSC(C)(C)CNC(=O)c1cc2ccccc2c(NN)n1. The lowest BCUT2D eigenvalue weighted by atomic mass is 10.1. The van der Waals surface area contributed by atoms with Crippen LogP contribution in [0.2, 0.25) is 0 Å². The molecular formula is C15H20N4OS. The first-order valence-electron chi connectivity index (χ1n) is 6.66. The lowest BCUT2D eigenvalue weighted by Gasteiger charge is -2.22. The Morgan fingerprint density at radius 1 is 1.38 bits per heavy atom. The summed E-state index contributed by atoms with van der Waals surface area (Å²) < 4.78 is -0.0124. The van der Waals surface area contributed by atoms with Crippen molar-refractivity contribution in [2.45, 2.75) is 18.6 Å². The van der Waals surface area contributed by atoms with Gasteiger partial charge in [-0.3, -0.25) is 4.79 Å². The van der Waals surface area contributed by atoms with E-state index in [9.17, 15) is 4.79 Å². The Morgan fingerprint density at radius 2 is 2.10 bits per heavy atom. The molecule has 2 aromatic rings. The molecule has 0 spiro atoms. The third-order valence-electron chi connectivity index (χ3n) is 3.34. The summed E-state index contributed by atoms with van der Waals surface area (Å²) in [6, 6.07) is 9.45. The summed E-state index contributed by atoms with van der Waals surface area (Å²) in [5.41, 5.74) is 2.91. The van der Waals surface area contributed by atoms with Crippen LogP contribution in [0.5, 0.6) is 0 Å². The van der Waals surface area contributed by atoms with Gasteiger partial charge in [0.2, 0.25) is 0 Å². The van der Waals surface area contributed by atoms with E-state index in [4.69, 9.17) is 5.84 Å². The van der Waals surface area contributed by atoms with E-state index in [-0.39, 0.29) is 10.7 Å². The largest absolute Gasteiger partial charge is 0.349 e. The minimum atomic E-state index is -0.195. The van der Waals surface area contributed by atoms with Gasteiger partial charge in [-0.25, -0.2) is 10.8 Å². The van der Waals surface area contributed by atoms with Crippen LogP contribution in [0.25, 0.3) is 10.8 Å². The molecule has 4 N–H and O–H groups in total. The quantitative estimate of drug-likeness (QED) is 0.584. The number of rotatable bonds is 5. The van der Waals surface area contributed by atoms with E-state index in [1.165, 1.54) is 0 Å². The molecule has 0 aliphatic carbocycles. The highest BCUT2D eigenvalue weighted by atomic mass is 32.2. The van der Waals surface area contributed by atoms with E-state index in [0.29, 0.717) is 18.1 Å². The second kappa shape index (κ2) is 6.32. The second-order valence-corrected chi connectivity index (χ2v) is 6.88. The van der Waals surface area contributed by atoms with Crippen molar-refractivity contribution in [3.63, 3.8) is 0 Å². The Morgan fingerprint density at radius 3 is 2.76 bits per heavy atom. The molecule has 0 aliphatic heterocycles. The number of nitrogen functional groups attached to an aromatic ring is 1. The summed E-state index contributed by atoms with van der Waals surface area (Å²) in [7, 11) is 0. The van der Waals surface area contributed by atoms with Gasteiger partial charge in [0.05, 0.1) is 0 Å². The van der Waals surface area contributed by atoms with Crippen LogP contribution in [0.4, 0.5) is 5.82 Å². The number of anilines is 1. The zero-order valence-electron chi connectivity index (χ0n) is 12.4. The number of amides is 1. The highest BCUT2D eigenvalue weighted by Crippen LogP contribution is 2.22. The predicted molar refractivity (Wildman–Crippen MR) is 89.5 cm³/mol. The third kappa shape index (κ3) is 3.65. The first-order valence-corrected chi connectivity index (χ1v) is 7.89. The summed E-state index contributed by atoms with van der Waals surface area (Å²) in [5, 5.41) is 4.73. The van der Waals surface area contributed by atoms with Crippen molar-refractivity contribution in [3.05, 3.63) is 36.0 Å². The van der Waals surface area contributed by atoms with E-state index >= 15 is 0 Å². The van der Waals surface area contributed by atoms with Gasteiger partial charge in [0.1, 0.15) is 11.5 Å². The van der Waals surface area contributed by atoms with E-state index < -0.39 is 0 Å². The number of fused-ring (bicyclic) bond motifs is 1. The molecule has 2 rings (SSSR count). The number of carbonyl (C=O) groups is 1. The zero-order chi connectivity index (χ0) is 15.5. The molecule has 0 saturated carbocycles. The maximum atomic E-state index is 12.3. The fourth-order valence-electron chi connectivity index (χ4n) is 1.88. The minimum Gasteiger partial charge on any atom is -0.349 e. The van der Waals surface area contributed by atoms with Crippen LogP contribution in [0.1, 0.15) is 24.3 Å². The van der Waals surface area contributed by atoms with Crippen LogP contribution >= 0.6 is 11.8 Å². The Hall–Kier alpha value is -1.79. The van der Waals surface area contributed by atoms with Crippen LogP contribution < -0.4 is 16.6 Å². The molecule has 112 valence electrons. The maximum Gasteiger partial charge on any atom is 0.270 e. The Balaban J connectivity index is 2.27. The number of benzene rings is 1. The van der Waals surface area contributed by atoms with Crippen molar-refractivity contribution < 1.29 is 4.79 Å². The monoisotopic (exact) mass is 304 g/mol. The topological polar surface area (TPSA) is 80.0 Å². The molecule has 21 heavy (non-hydrogen) atoms. The van der Waals surface area contributed by atoms with Crippen molar-refractivity contribution in [1.29, 1.82) is 0 Å². The van der Waals surface area contributed by atoms with E-state index in [0.717, 1.165) is 10.8 Å². The molecule has 1 aromatic heterocycles. The molecule has 0 saturated heterocycles. The molecule has 1 amide bonds. The summed E-state index contributed by atoms with van der Waals surface area (Å²) in [4.78, 5) is 16.6. The molecule has 0 bridgehead atoms. The van der Waals surface area contributed by atoms with Gasteiger partial charge in [0.25, 0.3) is 5.91 Å². The second-order valence-electron chi connectivity index (χ2n) is 5.37. The fourth-order valence-corrected chi connectivity index (χ4v) is 2.10. The number of carbonyl (C=O) groups excluding carboxylic acids is 1. The molecule has 0 unspecified atom stereocenters. The van der Waals surface area contributed by atoms with Gasteiger partial charge in [-0.05, 0) is 31.6 Å². The third-order valence-corrected chi connectivity index (χ3v) is 4.59. The highest BCUT2D eigenvalue weighted by molar-refractivity contribution is 7.99. The van der Waals surface area contributed by atoms with Gasteiger partial charge in [-0.2, -0.15) is 11.8 Å². The zero-order valence-corrected chi connectivity index (χ0v) is 13.3. The lowest BCUT2D eigenvalue weighted by Crippen LogP contribution is -2.36. The van der Waals surface area contributed by atoms with Gasteiger partial charge in [-0.1, -0.05) is 24.3 Å². The average molecular weight is 304 g/mol. The van der Waals surface area contributed by atoms with Crippen LogP contribution in [0.15, 0.2) is 30.3 Å². The molecule has 0 fully saturated rings. The predicted octanol–water partition coefficient (Wildman–Crippen LogP) is 2.39. The molecule has 0 aliphatic rings. The molecule has 6 heteroatoms.